The topological polar surface area (TPSA) is 72.5 Å². The van der Waals surface area contributed by atoms with E-state index in [1.807, 2.05) is 0 Å². The molecule has 0 saturated heterocycles. The highest BCUT2D eigenvalue weighted by molar-refractivity contribution is 5.90. The first-order valence-electron chi connectivity index (χ1n) is 8.37. The number of para-hydroxylation sites is 1. The average Bonchev–Trinajstić information content (AvgIpc) is 2.59. The Bertz CT molecular complexity index is 524. The standard InChI is InChI=1S/C19H25O5/c1-2-18(20)24-15-11-7-5-3-4-6-10-14-23-17-13-9-8-12-16(17)19(21)22/h2,8-9,12-13H,1,3-7,10-11,14-15H2. The van der Waals surface area contributed by atoms with Crippen LogP contribution in [0.25, 0.3) is 0 Å². The van der Waals surface area contributed by atoms with Crippen molar-refractivity contribution in [3.8, 4) is 5.75 Å². The van der Waals surface area contributed by atoms with Crippen molar-refractivity contribution in [1.29, 1.82) is 0 Å². The lowest BCUT2D eigenvalue weighted by molar-refractivity contribution is -0.137. The van der Waals surface area contributed by atoms with Gasteiger partial charge in [-0.05, 0) is 25.0 Å². The third-order valence-electron chi connectivity index (χ3n) is 3.56. The molecule has 1 rings (SSSR count). The van der Waals surface area contributed by atoms with Crippen LogP contribution in [0.2, 0.25) is 0 Å². The lowest BCUT2D eigenvalue weighted by atomic mass is 10.1. The molecule has 0 spiro atoms. The Balaban J connectivity index is 1.99. The van der Waals surface area contributed by atoms with E-state index in [2.05, 4.69) is 6.58 Å². The fraction of sp³-hybridized carbons (Fsp3) is 0.474. The highest BCUT2D eigenvalue weighted by Crippen LogP contribution is 2.18. The molecule has 131 valence electrons. The molecule has 0 atom stereocenters. The molecule has 0 heterocycles. The molecule has 0 aliphatic carbocycles. The first kappa shape index (κ1) is 19.7. The van der Waals surface area contributed by atoms with Gasteiger partial charge in [0.15, 0.2) is 0 Å². The van der Waals surface area contributed by atoms with Gasteiger partial charge in [-0.1, -0.05) is 50.8 Å². The number of carbonyl (C=O) groups excluding carboxylic acids is 2. The number of hydrogen-bond acceptors (Lipinski definition) is 4. The molecule has 0 amide bonds. The third-order valence-corrected chi connectivity index (χ3v) is 3.56. The predicted molar refractivity (Wildman–Crippen MR) is 90.4 cm³/mol. The first-order chi connectivity index (χ1) is 11.6. The van der Waals surface area contributed by atoms with Crippen molar-refractivity contribution >= 4 is 11.9 Å². The highest BCUT2D eigenvalue weighted by Gasteiger charge is 2.11. The van der Waals surface area contributed by atoms with E-state index in [0.29, 0.717) is 19.0 Å². The SMILES string of the molecule is C=CC(=O)OCCCCCCCCCOc1ccccc1C([O])=O. The van der Waals surface area contributed by atoms with Crippen LogP contribution >= 0.6 is 0 Å². The lowest BCUT2D eigenvalue weighted by Gasteiger charge is -2.08. The first-order valence-corrected chi connectivity index (χ1v) is 8.37. The Morgan fingerprint density at radius 1 is 0.917 bits per heavy atom. The largest absolute Gasteiger partial charge is 0.493 e. The number of benzene rings is 1. The fourth-order valence-electron chi connectivity index (χ4n) is 2.26. The second kappa shape index (κ2) is 12.2. The van der Waals surface area contributed by atoms with Crippen LogP contribution in [0.3, 0.4) is 0 Å². The maximum Gasteiger partial charge on any atom is 0.390 e. The second-order valence-electron chi connectivity index (χ2n) is 5.48. The van der Waals surface area contributed by atoms with Gasteiger partial charge in [0.25, 0.3) is 0 Å². The summed E-state index contributed by atoms with van der Waals surface area (Å²) < 4.78 is 10.4. The highest BCUT2D eigenvalue weighted by atomic mass is 16.5. The Morgan fingerprint density at radius 2 is 1.50 bits per heavy atom. The van der Waals surface area contributed by atoms with Gasteiger partial charge in [-0.25, -0.2) is 14.7 Å². The van der Waals surface area contributed by atoms with Gasteiger partial charge in [0.05, 0.1) is 13.2 Å². The van der Waals surface area contributed by atoms with Crippen LogP contribution in [0, 0.1) is 0 Å². The quantitative estimate of drug-likeness (QED) is 0.309. The van der Waals surface area contributed by atoms with Crippen molar-refractivity contribution in [3.63, 3.8) is 0 Å². The Hall–Kier alpha value is -2.30. The normalized spacial score (nSPS) is 10.2. The minimum Gasteiger partial charge on any atom is -0.493 e. The van der Waals surface area contributed by atoms with Crippen LogP contribution in [-0.4, -0.2) is 25.2 Å². The molecule has 0 saturated carbocycles. The number of unbranched alkanes of at least 4 members (excludes halogenated alkanes) is 6. The Labute approximate surface area is 143 Å². The monoisotopic (exact) mass is 333 g/mol. The zero-order valence-electron chi connectivity index (χ0n) is 14.0. The molecule has 0 N–H and O–H groups in total. The van der Waals surface area contributed by atoms with Gasteiger partial charge in [-0.2, -0.15) is 0 Å². The maximum atomic E-state index is 10.9. The molecule has 5 heteroatoms. The molecule has 0 aromatic heterocycles. The van der Waals surface area contributed by atoms with Crippen molar-refractivity contribution < 1.29 is 24.2 Å². The number of carbonyl (C=O) groups is 2. The van der Waals surface area contributed by atoms with Crippen molar-refractivity contribution in [2.45, 2.75) is 44.9 Å². The van der Waals surface area contributed by atoms with Crippen LogP contribution in [0.5, 0.6) is 5.75 Å². The molecule has 0 aliphatic heterocycles. The molecular weight excluding hydrogens is 308 g/mol. The average molecular weight is 333 g/mol. The fourth-order valence-corrected chi connectivity index (χ4v) is 2.26. The summed E-state index contributed by atoms with van der Waals surface area (Å²) in [5, 5.41) is 10.9. The number of rotatable bonds is 13. The van der Waals surface area contributed by atoms with E-state index >= 15 is 0 Å². The van der Waals surface area contributed by atoms with Crippen molar-refractivity contribution in [2.75, 3.05) is 13.2 Å². The van der Waals surface area contributed by atoms with Crippen LogP contribution in [-0.2, 0) is 14.6 Å². The van der Waals surface area contributed by atoms with E-state index < -0.39 is 5.97 Å². The summed E-state index contributed by atoms with van der Waals surface area (Å²) in [5.74, 6) is -1.22. The molecule has 0 aliphatic rings. The summed E-state index contributed by atoms with van der Waals surface area (Å²) >= 11 is 0. The zero-order chi connectivity index (χ0) is 17.6. The summed E-state index contributed by atoms with van der Waals surface area (Å²) in [6, 6.07) is 6.52. The van der Waals surface area contributed by atoms with E-state index in [1.54, 1.807) is 18.2 Å². The van der Waals surface area contributed by atoms with Gasteiger partial charge in [0.2, 0.25) is 0 Å². The van der Waals surface area contributed by atoms with Crippen molar-refractivity contribution in [2.24, 2.45) is 0 Å². The molecule has 24 heavy (non-hydrogen) atoms. The van der Waals surface area contributed by atoms with Crippen LogP contribution < -0.4 is 4.74 Å². The zero-order valence-corrected chi connectivity index (χ0v) is 14.0. The summed E-state index contributed by atoms with van der Waals surface area (Å²) in [7, 11) is 0. The van der Waals surface area contributed by atoms with E-state index in [1.165, 1.54) is 12.1 Å². The van der Waals surface area contributed by atoms with Gasteiger partial charge in [0, 0.05) is 6.08 Å². The van der Waals surface area contributed by atoms with Crippen LogP contribution in [0.15, 0.2) is 36.9 Å². The third kappa shape index (κ3) is 8.36. The Morgan fingerprint density at radius 3 is 2.12 bits per heavy atom. The van der Waals surface area contributed by atoms with E-state index in [0.717, 1.165) is 44.9 Å². The van der Waals surface area contributed by atoms with Crippen LogP contribution in [0.4, 0.5) is 0 Å². The van der Waals surface area contributed by atoms with Crippen LogP contribution in [0.1, 0.15) is 55.3 Å². The molecular formula is C19H25O5. The van der Waals surface area contributed by atoms with Gasteiger partial charge in [0.1, 0.15) is 11.3 Å². The van der Waals surface area contributed by atoms with Crippen molar-refractivity contribution in [3.05, 3.63) is 42.5 Å². The van der Waals surface area contributed by atoms with Gasteiger partial charge < -0.3 is 9.47 Å². The number of hydrogen-bond donors (Lipinski definition) is 0. The van der Waals surface area contributed by atoms with E-state index in [-0.39, 0.29) is 11.5 Å². The molecule has 0 unspecified atom stereocenters. The predicted octanol–water partition coefficient (Wildman–Crippen LogP) is 4.10. The molecule has 5 nitrogen and oxygen atoms in total. The van der Waals surface area contributed by atoms with Gasteiger partial charge in [-0.3, -0.25) is 0 Å². The summed E-state index contributed by atoms with van der Waals surface area (Å²) in [6.07, 6.45) is 8.37. The van der Waals surface area contributed by atoms with Gasteiger partial charge in [-0.15, -0.1) is 0 Å². The molecule has 1 aromatic rings. The summed E-state index contributed by atoms with van der Waals surface area (Å²) in [5.41, 5.74) is 0.0923. The molecule has 1 aromatic carbocycles. The Kier molecular flexibility index (Phi) is 10.0. The maximum absolute atomic E-state index is 10.9. The minimum atomic E-state index is -1.22. The van der Waals surface area contributed by atoms with E-state index in [9.17, 15) is 14.7 Å². The lowest BCUT2D eigenvalue weighted by Crippen LogP contribution is -2.03. The second-order valence-corrected chi connectivity index (χ2v) is 5.48. The van der Waals surface area contributed by atoms with Gasteiger partial charge >= 0.3 is 11.9 Å². The minimum absolute atomic E-state index is 0.0923. The van der Waals surface area contributed by atoms with E-state index in [4.69, 9.17) is 9.47 Å². The van der Waals surface area contributed by atoms with Crippen molar-refractivity contribution in [1.82, 2.24) is 0 Å². The summed E-state index contributed by atoms with van der Waals surface area (Å²) in [6.45, 7) is 4.30. The molecule has 0 fully saturated rings. The number of ether oxygens (including phenoxy) is 2. The molecule has 1 radical (unpaired) electrons. The molecule has 0 bridgehead atoms. The summed E-state index contributed by atoms with van der Waals surface area (Å²) in [4.78, 5) is 21.8. The number of esters is 1. The smallest absolute Gasteiger partial charge is 0.390 e.